The zero-order valence-corrected chi connectivity index (χ0v) is 27.9. The summed E-state index contributed by atoms with van der Waals surface area (Å²) in [5.41, 5.74) is 3.49. The molecule has 234 valence electrons. The number of hydrogen-bond acceptors (Lipinski definition) is 4. The van der Waals surface area contributed by atoms with Gasteiger partial charge in [0.2, 0.25) is 0 Å². The molecular weight excluding hydrogens is 555 g/mol. The van der Waals surface area contributed by atoms with Gasteiger partial charge in [-0.05, 0) is 83.1 Å². The number of nitrogens with zero attached hydrogens (tertiary/aromatic N) is 1. The minimum Gasteiger partial charge on any atom is -0.410 e. The Balaban J connectivity index is 2.34. The number of hydrogen-bond donors (Lipinski definition) is 1. The highest BCUT2D eigenvalue weighted by molar-refractivity contribution is 6.74. The Bertz CT molecular complexity index is 1220. The highest BCUT2D eigenvalue weighted by atomic mass is 28.4. The Morgan fingerprint density at radius 3 is 2.24 bits per heavy atom. The monoisotopic (exact) mass is 605 g/mol. The summed E-state index contributed by atoms with van der Waals surface area (Å²) in [4.78, 5) is 5.07. The van der Waals surface area contributed by atoms with E-state index in [1.807, 2.05) is 19.9 Å². The van der Waals surface area contributed by atoms with Crippen molar-refractivity contribution >= 4 is 14.0 Å². The summed E-state index contributed by atoms with van der Waals surface area (Å²) in [6, 6.07) is 4.78. The van der Waals surface area contributed by atoms with Crippen molar-refractivity contribution in [3.8, 4) is 0 Å². The molecule has 0 bridgehead atoms. The standard InChI is InChI=1S/C34H50F3NO3Si/c1-22(2)30-29(31(39)25-11-13-26(14-12-25)34(35,36)37)28(24-15-19-40-20-16-24)23(3)27(21-33(7,8)17-18-38-30)41-42(9,10)32(4,5)6/h11-15,22,27,31,39H,3,16-21H2,1-2,4-10H3/b29-28-,38-30?/t27-,31?/m0/s1. The third-order valence-electron chi connectivity index (χ3n) is 8.97. The smallest absolute Gasteiger partial charge is 0.410 e. The van der Waals surface area contributed by atoms with Crippen LogP contribution in [0.1, 0.15) is 85.0 Å². The van der Waals surface area contributed by atoms with Gasteiger partial charge in [0.15, 0.2) is 8.32 Å². The number of halogens is 3. The molecule has 2 atom stereocenters. The van der Waals surface area contributed by atoms with Crippen LogP contribution in [0.15, 0.2) is 64.2 Å². The first-order chi connectivity index (χ1) is 19.2. The van der Waals surface area contributed by atoms with Crippen LogP contribution in [0.4, 0.5) is 13.2 Å². The quantitative estimate of drug-likeness (QED) is 0.329. The van der Waals surface area contributed by atoms with Crippen molar-refractivity contribution in [1.82, 2.24) is 0 Å². The number of aliphatic hydroxyl groups excluding tert-OH is 1. The predicted octanol–water partition coefficient (Wildman–Crippen LogP) is 9.25. The Morgan fingerprint density at radius 2 is 1.74 bits per heavy atom. The molecule has 1 N–H and O–H groups in total. The lowest BCUT2D eigenvalue weighted by Gasteiger charge is -2.43. The molecule has 2 aliphatic heterocycles. The maximum Gasteiger partial charge on any atom is 0.416 e. The van der Waals surface area contributed by atoms with Crippen LogP contribution in [0.25, 0.3) is 0 Å². The summed E-state index contributed by atoms with van der Waals surface area (Å²) < 4.78 is 52.9. The summed E-state index contributed by atoms with van der Waals surface area (Å²) in [5, 5.41) is 12.0. The van der Waals surface area contributed by atoms with Crippen molar-refractivity contribution in [2.45, 2.75) is 104 Å². The fraction of sp³-hybridized carbons (Fsp3) is 0.618. The Hall–Kier alpha value is -2.00. The molecule has 0 radical (unpaired) electrons. The van der Waals surface area contributed by atoms with Gasteiger partial charge in [-0.25, -0.2) is 0 Å². The zero-order valence-electron chi connectivity index (χ0n) is 26.9. The van der Waals surface area contributed by atoms with Gasteiger partial charge in [-0.15, -0.1) is 0 Å². The highest BCUT2D eigenvalue weighted by Gasteiger charge is 2.42. The molecule has 2 heterocycles. The highest BCUT2D eigenvalue weighted by Crippen LogP contribution is 2.45. The number of rotatable bonds is 6. The van der Waals surface area contributed by atoms with Crippen molar-refractivity contribution in [3.63, 3.8) is 0 Å². The molecular formula is C34H50F3NO3Si. The van der Waals surface area contributed by atoms with Crippen molar-refractivity contribution in [3.05, 3.63) is 70.3 Å². The van der Waals surface area contributed by atoms with Crippen LogP contribution in [0.3, 0.4) is 0 Å². The van der Waals surface area contributed by atoms with Gasteiger partial charge in [-0.2, -0.15) is 13.2 Å². The second kappa shape index (κ2) is 12.9. The van der Waals surface area contributed by atoms with E-state index >= 15 is 0 Å². The molecule has 0 amide bonds. The predicted molar refractivity (Wildman–Crippen MR) is 168 cm³/mol. The molecule has 0 fully saturated rings. The van der Waals surface area contributed by atoms with E-state index < -0.39 is 26.2 Å². The lowest BCUT2D eigenvalue weighted by molar-refractivity contribution is -0.137. The Morgan fingerprint density at radius 1 is 1.12 bits per heavy atom. The summed E-state index contributed by atoms with van der Waals surface area (Å²) in [5.74, 6) is -0.0466. The van der Waals surface area contributed by atoms with Gasteiger partial charge >= 0.3 is 6.18 Å². The maximum atomic E-state index is 13.4. The fourth-order valence-corrected chi connectivity index (χ4v) is 6.61. The van der Waals surface area contributed by atoms with E-state index in [9.17, 15) is 18.3 Å². The minimum absolute atomic E-state index is 0.0261. The molecule has 1 aromatic carbocycles. The van der Waals surface area contributed by atoms with Gasteiger partial charge in [0, 0.05) is 17.8 Å². The Labute approximate surface area is 251 Å². The summed E-state index contributed by atoms with van der Waals surface area (Å²) in [7, 11) is -2.25. The number of alkyl halides is 3. The largest absolute Gasteiger partial charge is 0.416 e. The van der Waals surface area contributed by atoms with E-state index in [1.54, 1.807) is 0 Å². The van der Waals surface area contributed by atoms with Crippen molar-refractivity contribution in [1.29, 1.82) is 0 Å². The summed E-state index contributed by atoms with van der Waals surface area (Å²) >= 11 is 0. The van der Waals surface area contributed by atoms with Gasteiger partial charge < -0.3 is 14.3 Å². The molecule has 0 spiro atoms. The van der Waals surface area contributed by atoms with E-state index in [4.69, 9.17) is 14.2 Å². The average molecular weight is 606 g/mol. The third kappa shape index (κ3) is 8.13. The maximum absolute atomic E-state index is 13.4. The molecule has 0 saturated carbocycles. The van der Waals surface area contributed by atoms with Crippen LogP contribution in [0, 0.1) is 11.3 Å². The van der Waals surface area contributed by atoms with Crippen LogP contribution >= 0.6 is 0 Å². The summed E-state index contributed by atoms with van der Waals surface area (Å²) in [6.45, 7) is 25.9. The van der Waals surface area contributed by atoms with Gasteiger partial charge in [-0.1, -0.05) is 73.3 Å². The van der Waals surface area contributed by atoms with Gasteiger partial charge in [-0.3, -0.25) is 4.99 Å². The summed E-state index contributed by atoms with van der Waals surface area (Å²) in [6.07, 6.45) is -1.76. The molecule has 0 aromatic heterocycles. The molecule has 1 unspecified atom stereocenters. The molecule has 42 heavy (non-hydrogen) atoms. The van der Waals surface area contributed by atoms with Crippen molar-refractivity contribution < 1.29 is 27.4 Å². The zero-order chi connectivity index (χ0) is 31.7. The van der Waals surface area contributed by atoms with Crippen LogP contribution in [0.5, 0.6) is 0 Å². The topological polar surface area (TPSA) is 51.0 Å². The van der Waals surface area contributed by atoms with Gasteiger partial charge in [0.05, 0.1) is 24.9 Å². The third-order valence-corrected chi connectivity index (χ3v) is 13.5. The van der Waals surface area contributed by atoms with Crippen LogP contribution < -0.4 is 0 Å². The van der Waals surface area contributed by atoms with E-state index in [-0.39, 0.29) is 22.5 Å². The van der Waals surface area contributed by atoms with Crippen LogP contribution in [-0.2, 0) is 15.3 Å². The molecule has 0 aliphatic carbocycles. The van der Waals surface area contributed by atoms with E-state index in [0.29, 0.717) is 37.3 Å². The molecule has 3 rings (SSSR count). The van der Waals surface area contributed by atoms with Crippen molar-refractivity contribution in [2.75, 3.05) is 19.8 Å². The molecule has 8 heteroatoms. The number of aliphatic imine (C=N–C) groups is 1. The normalized spacial score (nSPS) is 23.9. The van der Waals surface area contributed by atoms with Crippen molar-refractivity contribution in [2.24, 2.45) is 16.3 Å². The van der Waals surface area contributed by atoms with Gasteiger partial charge in [0.25, 0.3) is 0 Å². The number of benzene rings is 1. The molecule has 4 nitrogen and oxygen atoms in total. The van der Waals surface area contributed by atoms with E-state index in [2.05, 4.69) is 54.3 Å². The van der Waals surface area contributed by atoms with Crippen LogP contribution in [-0.4, -0.2) is 45.0 Å². The molecule has 2 aliphatic rings. The average Bonchev–Trinajstić information content (AvgIpc) is 2.87. The Kier molecular flexibility index (Phi) is 10.6. The second-order valence-electron chi connectivity index (χ2n) is 14.3. The van der Waals surface area contributed by atoms with E-state index in [1.165, 1.54) is 12.1 Å². The van der Waals surface area contributed by atoms with Gasteiger partial charge in [0.1, 0.15) is 6.10 Å². The molecule has 0 saturated heterocycles. The van der Waals surface area contributed by atoms with Crippen LogP contribution in [0.2, 0.25) is 18.1 Å². The lowest BCUT2D eigenvalue weighted by atomic mass is 9.76. The minimum atomic E-state index is -4.46. The number of aliphatic hydroxyl groups is 1. The first kappa shape index (κ1) is 34.5. The first-order valence-electron chi connectivity index (χ1n) is 15.0. The second-order valence-corrected chi connectivity index (χ2v) is 19.1. The first-order valence-corrected chi connectivity index (χ1v) is 17.9. The molecule has 1 aromatic rings. The lowest BCUT2D eigenvalue weighted by Crippen LogP contribution is -2.45. The number of ether oxygens (including phenoxy) is 1. The SMILES string of the molecule is C=C1/C(C2=CCOCC2)=C(/C(O)c2ccc(C(F)(F)F)cc2)C(C(C)C)=NCCC(C)(C)C[C@@H]1O[Si](C)(C)C(C)(C)C. The fourth-order valence-electron chi connectivity index (χ4n) is 5.32. The van der Waals surface area contributed by atoms with E-state index in [0.717, 1.165) is 47.4 Å².